The molecule has 0 aliphatic rings. The summed E-state index contributed by atoms with van der Waals surface area (Å²) in [6.45, 7) is 2.03. The van der Waals surface area contributed by atoms with Gasteiger partial charge in [-0.05, 0) is 24.1 Å². The Hall–Kier alpha value is -1.40. The van der Waals surface area contributed by atoms with Gasteiger partial charge in [-0.3, -0.25) is 5.10 Å². The number of benzene rings is 1. The number of nitrogens with two attached hydrogens (primary N) is 1. The van der Waals surface area contributed by atoms with Crippen LogP contribution in [0.2, 0.25) is 0 Å². The molecule has 0 saturated carbocycles. The van der Waals surface area contributed by atoms with Crippen LogP contribution in [0.25, 0.3) is 0 Å². The molecule has 6 heteroatoms. The van der Waals surface area contributed by atoms with Crippen LogP contribution in [-0.4, -0.2) is 21.2 Å². The van der Waals surface area contributed by atoms with Crippen molar-refractivity contribution < 1.29 is 4.39 Å². The third-order valence-corrected chi connectivity index (χ3v) is 3.99. The van der Waals surface area contributed by atoms with Crippen molar-refractivity contribution in [3.8, 4) is 0 Å². The maximum atomic E-state index is 12.9. The first-order valence-corrected chi connectivity index (χ1v) is 6.61. The zero-order chi connectivity index (χ0) is 13.0. The largest absolute Gasteiger partial charge is 0.326 e. The summed E-state index contributed by atoms with van der Waals surface area (Å²) in [4.78, 5) is 4.08. The molecular weight excluding hydrogens is 251 g/mol. The van der Waals surface area contributed by atoms with Gasteiger partial charge < -0.3 is 5.73 Å². The van der Waals surface area contributed by atoms with Crippen LogP contribution in [0.5, 0.6) is 0 Å². The van der Waals surface area contributed by atoms with Crippen LogP contribution >= 0.6 is 11.8 Å². The fourth-order valence-electron chi connectivity index (χ4n) is 1.64. The molecule has 4 nitrogen and oxygen atoms in total. The summed E-state index contributed by atoms with van der Waals surface area (Å²) in [6.07, 6.45) is 2.30. The SMILES string of the molecule is CCC(N)C(Sc1ncn[nH]1)c1ccc(F)cc1. The Morgan fingerprint density at radius 2 is 2.11 bits per heavy atom. The number of aromatic amines is 1. The van der Waals surface area contributed by atoms with Crippen LogP contribution in [-0.2, 0) is 0 Å². The maximum absolute atomic E-state index is 12.9. The smallest absolute Gasteiger partial charge is 0.184 e. The number of hydrogen-bond acceptors (Lipinski definition) is 4. The van der Waals surface area contributed by atoms with Gasteiger partial charge in [-0.25, -0.2) is 9.37 Å². The van der Waals surface area contributed by atoms with E-state index in [0.29, 0.717) is 5.16 Å². The van der Waals surface area contributed by atoms with E-state index < -0.39 is 0 Å². The van der Waals surface area contributed by atoms with Crippen molar-refractivity contribution in [2.75, 3.05) is 0 Å². The summed E-state index contributed by atoms with van der Waals surface area (Å²) in [5, 5.41) is 7.36. The first-order chi connectivity index (χ1) is 8.70. The molecule has 2 unspecified atom stereocenters. The lowest BCUT2D eigenvalue weighted by Crippen LogP contribution is -2.25. The molecular formula is C12H15FN4S. The minimum absolute atomic E-state index is 0.0226. The molecule has 0 aliphatic carbocycles. The van der Waals surface area contributed by atoms with E-state index in [1.54, 1.807) is 12.1 Å². The molecule has 0 radical (unpaired) electrons. The lowest BCUT2D eigenvalue weighted by Gasteiger charge is -2.21. The van der Waals surface area contributed by atoms with Crippen LogP contribution in [0.15, 0.2) is 35.7 Å². The monoisotopic (exact) mass is 266 g/mol. The predicted molar refractivity (Wildman–Crippen MR) is 69.6 cm³/mol. The highest BCUT2D eigenvalue weighted by molar-refractivity contribution is 7.99. The van der Waals surface area contributed by atoms with Crippen molar-refractivity contribution >= 4 is 11.8 Å². The molecule has 1 heterocycles. The van der Waals surface area contributed by atoms with Crippen molar-refractivity contribution in [3.63, 3.8) is 0 Å². The highest BCUT2D eigenvalue weighted by Crippen LogP contribution is 2.36. The van der Waals surface area contributed by atoms with Crippen molar-refractivity contribution in [2.24, 2.45) is 5.73 Å². The van der Waals surface area contributed by atoms with Gasteiger partial charge in [0.15, 0.2) is 5.16 Å². The Labute approximate surface area is 109 Å². The quantitative estimate of drug-likeness (QED) is 0.816. The van der Waals surface area contributed by atoms with Crippen LogP contribution in [0.4, 0.5) is 4.39 Å². The molecule has 0 aliphatic heterocycles. The standard InChI is InChI=1S/C12H15FN4S/c1-2-10(14)11(18-12-15-7-16-17-12)8-3-5-9(13)6-4-8/h3-7,10-11H,2,14H2,1H3,(H,15,16,17). The molecule has 2 rings (SSSR count). The molecule has 0 bridgehead atoms. The zero-order valence-electron chi connectivity index (χ0n) is 10.0. The van der Waals surface area contributed by atoms with E-state index in [-0.39, 0.29) is 17.1 Å². The molecule has 3 N–H and O–H groups in total. The Balaban J connectivity index is 2.22. The van der Waals surface area contributed by atoms with E-state index in [9.17, 15) is 4.39 Å². The molecule has 2 aromatic rings. The summed E-state index contributed by atoms with van der Waals surface area (Å²) in [5.74, 6) is -0.243. The van der Waals surface area contributed by atoms with E-state index >= 15 is 0 Å². The minimum Gasteiger partial charge on any atom is -0.326 e. The minimum atomic E-state index is -0.243. The molecule has 96 valence electrons. The first kappa shape index (κ1) is 13.0. The van der Waals surface area contributed by atoms with Crippen molar-refractivity contribution in [3.05, 3.63) is 42.0 Å². The third-order valence-electron chi connectivity index (χ3n) is 2.69. The average Bonchev–Trinajstić information content (AvgIpc) is 2.89. The second-order valence-corrected chi connectivity index (χ2v) is 5.08. The number of halogens is 1. The number of H-pyrrole nitrogens is 1. The Morgan fingerprint density at radius 3 is 2.67 bits per heavy atom. The van der Waals surface area contributed by atoms with Crippen LogP contribution < -0.4 is 5.73 Å². The fourth-order valence-corrected chi connectivity index (χ4v) is 2.75. The lowest BCUT2D eigenvalue weighted by molar-refractivity contribution is 0.617. The molecule has 1 aromatic heterocycles. The molecule has 0 saturated heterocycles. The van der Waals surface area contributed by atoms with Crippen molar-refractivity contribution in [1.29, 1.82) is 0 Å². The molecule has 2 atom stereocenters. The highest BCUT2D eigenvalue weighted by atomic mass is 32.2. The maximum Gasteiger partial charge on any atom is 0.184 e. The van der Waals surface area contributed by atoms with Crippen molar-refractivity contribution in [2.45, 2.75) is 29.8 Å². The Kier molecular flexibility index (Phi) is 4.33. The van der Waals surface area contributed by atoms with E-state index in [4.69, 9.17) is 5.73 Å². The fraction of sp³-hybridized carbons (Fsp3) is 0.333. The predicted octanol–water partition coefficient (Wildman–Crippen LogP) is 2.51. The second-order valence-electron chi connectivity index (χ2n) is 3.95. The number of thioether (sulfide) groups is 1. The number of hydrogen-bond donors (Lipinski definition) is 2. The van der Waals surface area contributed by atoms with Gasteiger partial charge in [-0.2, -0.15) is 5.10 Å². The topological polar surface area (TPSA) is 67.6 Å². The summed E-state index contributed by atoms with van der Waals surface area (Å²) in [7, 11) is 0. The van der Waals surface area contributed by atoms with Gasteiger partial charge in [0, 0.05) is 6.04 Å². The Morgan fingerprint density at radius 1 is 1.39 bits per heavy atom. The van der Waals surface area contributed by atoms with Gasteiger partial charge in [0.1, 0.15) is 12.1 Å². The van der Waals surface area contributed by atoms with Gasteiger partial charge in [-0.15, -0.1) is 0 Å². The average molecular weight is 266 g/mol. The van der Waals surface area contributed by atoms with Crippen LogP contribution in [0, 0.1) is 5.82 Å². The summed E-state index contributed by atoms with van der Waals surface area (Å²) in [5.41, 5.74) is 7.12. The zero-order valence-corrected chi connectivity index (χ0v) is 10.8. The molecule has 0 fully saturated rings. The number of aromatic nitrogens is 3. The Bertz CT molecular complexity index is 471. The second kappa shape index (κ2) is 5.97. The van der Waals surface area contributed by atoms with E-state index in [1.165, 1.54) is 30.2 Å². The lowest BCUT2D eigenvalue weighted by atomic mass is 10.0. The normalized spacial score (nSPS) is 14.4. The summed E-state index contributed by atoms with van der Waals surface area (Å²) < 4.78 is 12.9. The summed E-state index contributed by atoms with van der Waals surface area (Å²) in [6, 6.07) is 6.40. The van der Waals surface area contributed by atoms with Crippen LogP contribution in [0.1, 0.15) is 24.2 Å². The van der Waals surface area contributed by atoms with Gasteiger partial charge >= 0.3 is 0 Å². The number of rotatable bonds is 5. The van der Waals surface area contributed by atoms with E-state index in [0.717, 1.165) is 12.0 Å². The van der Waals surface area contributed by atoms with Gasteiger partial charge in [0.25, 0.3) is 0 Å². The van der Waals surface area contributed by atoms with E-state index in [1.807, 2.05) is 6.92 Å². The highest BCUT2D eigenvalue weighted by Gasteiger charge is 2.21. The molecule has 1 aromatic carbocycles. The van der Waals surface area contributed by atoms with Gasteiger partial charge in [0.2, 0.25) is 0 Å². The molecule has 18 heavy (non-hydrogen) atoms. The molecule has 0 spiro atoms. The van der Waals surface area contributed by atoms with Gasteiger partial charge in [0.05, 0.1) is 5.25 Å². The number of nitrogens with one attached hydrogen (secondary N) is 1. The summed E-state index contributed by atoms with van der Waals surface area (Å²) >= 11 is 1.51. The van der Waals surface area contributed by atoms with Gasteiger partial charge in [-0.1, -0.05) is 30.8 Å². The third kappa shape index (κ3) is 3.08. The van der Waals surface area contributed by atoms with Crippen LogP contribution in [0.3, 0.4) is 0 Å². The number of nitrogens with zero attached hydrogens (tertiary/aromatic N) is 2. The molecule has 0 amide bonds. The van der Waals surface area contributed by atoms with Crippen molar-refractivity contribution in [1.82, 2.24) is 15.2 Å². The first-order valence-electron chi connectivity index (χ1n) is 5.73. The van der Waals surface area contributed by atoms with E-state index in [2.05, 4.69) is 15.2 Å².